The van der Waals surface area contributed by atoms with Crippen LogP contribution in [0, 0.1) is 24.3 Å². The van der Waals surface area contributed by atoms with E-state index in [-0.39, 0.29) is 24.8 Å². The molecule has 2 aliphatic carbocycles. The molecular weight excluding hydrogens is 558 g/mol. The van der Waals surface area contributed by atoms with E-state index in [1.54, 1.807) is 0 Å². The van der Waals surface area contributed by atoms with Gasteiger partial charge in [-0.25, -0.2) is 12.2 Å². The van der Waals surface area contributed by atoms with Crippen LogP contribution in [-0.2, 0) is 37.1 Å². The number of hydrogen-bond acceptors (Lipinski definition) is 0. The van der Waals surface area contributed by atoms with Crippen molar-refractivity contribution in [1.82, 2.24) is 0 Å². The normalized spacial score (nSPS) is 10.3. The molecule has 4 aromatic carbocycles. The van der Waals surface area contributed by atoms with Gasteiger partial charge in [-0.15, -0.1) is 36.8 Å². The van der Waals surface area contributed by atoms with Gasteiger partial charge in [0.1, 0.15) is 0 Å². The van der Waals surface area contributed by atoms with Gasteiger partial charge in [0.2, 0.25) is 0 Å². The second kappa shape index (κ2) is 21.9. The molecule has 0 saturated carbocycles. The number of halogens is 2. The summed E-state index contributed by atoms with van der Waals surface area (Å²) in [6.45, 7) is 2.15. The first-order valence-corrected chi connectivity index (χ1v) is 13.1. The van der Waals surface area contributed by atoms with E-state index in [9.17, 15) is 0 Å². The molecule has 0 radical (unpaired) electrons. The van der Waals surface area contributed by atoms with Crippen molar-refractivity contribution >= 4 is 29.0 Å². The van der Waals surface area contributed by atoms with Crippen molar-refractivity contribution in [2.75, 3.05) is 0 Å². The Hall–Kier alpha value is -2.31. The van der Waals surface area contributed by atoms with Gasteiger partial charge in [-0.2, -0.15) is 108 Å². The summed E-state index contributed by atoms with van der Waals surface area (Å²) in [5.41, 5.74) is 6.89. The second-order valence-corrected chi connectivity index (χ2v) is 7.24. The molecule has 0 saturated heterocycles. The van der Waals surface area contributed by atoms with Crippen LogP contribution in [0.25, 0.3) is 11.1 Å². The fourth-order valence-electron chi connectivity index (χ4n) is 3.34. The van der Waals surface area contributed by atoms with Crippen molar-refractivity contribution < 1.29 is 24.2 Å². The van der Waals surface area contributed by atoms with Crippen molar-refractivity contribution in [3.63, 3.8) is 0 Å². The largest absolute Gasteiger partial charge is 0.184 e. The third-order valence-corrected chi connectivity index (χ3v) is 5.01. The third-order valence-electron chi connectivity index (χ3n) is 5.01. The summed E-state index contributed by atoms with van der Waals surface area (Å²) in [6, 6.07) is 41.6. The maximum Gasteiger partial charge on any atom is -0.0253 e. The fourth-order valence-corrected chi connectivity index (χ4v) is 3.34. The SMILES string of the molecule is CCc1cc[c-]cc1.Cl.Cl.[C-]1=CC=CC1.[CH2]=[Zr].[c-]1cccc2c1Cc1ccccc1-2.[c-]1ccccc1. The molecule has 0 N–H and O–H groups in total. The summed E-state index contributed by atoms with van der Waals surface area (Å²) in [4.78, 5) is 0. The molecule has 2 aliphatic rings. The van der Waals surface area contributed by atoms with E-state index in [1.165, 1.54) is 52.1 Å². The first-order chi connectivity index (χ1) is 16.9. The van der Waals surface area contributed by atoms with Crippen molar-refractivity contribution in [3.8, 4) is 11.1 Å². The summed E-state index contributed by atoms with van der Waals surface area (Å²) >= 11 is 1.30. The zero-order valence-electron chi connectivity index (χ0n) is 20.6. The van der Waals surface area contributed by atoms with Gasteiger partial charge in [0.25, 0.3) is 0 Å². The average molecular weight is 591 g/mol. The van der Waals surface area contributed by atoms with Crippen LogP contribution in [0.4, 0.5) is 0 Å². The number of allylic oxidation sites excluding steroid dienone is 4. The minimum Gasteiger partial charge on any atom is -0.184 e. The Morgan fingerprint density at radius 3 is 1.92 bits per heavy atom. The summed E-state index contributed by atoms with van der Waals surface area (Å²) in [7, 11) is 0. The summed E-state index contributed by atoms with van der Waals surface area (Å²) in [5, 5.41) is 0. The fraction of sp³-hybridized carbons (Fsp3) is 0.121. The molecule has 0 bridgehead atoms. The zero-order chi connectivity index (χ0) is 24.3. The van der Waals surface area contributed by atoms with Gasteiger partial charge in [-0.1, -0.05) is 48.7 Å². The van der Waals surface area contributed by atoms with Gasteiger partial charge in [0, 0.05) is 0 Å². The van der Waals surface area contributed by atoms with Crippen LogP contribution >= 0.6 is 24.8 Å². The molecule has 0 aromatic heterocycles. The van der Waals surface area contributed by atoms with Crippen LogP contribution in [0.15, 0.2) is 115 Å². The van der Waals surface area contributed by atoms with E-state index >= 15 is 0 Å². The number of benzene rings is 4. The van der Waals surface area contributed by atoms with E-state index in [0.717, 1.165) is 19.3 Å². The molecule has 0 atom stereocenters. The smallest absolute Gasteiger partial charge is 0.0253 e. The van der Waals surface area contributed by atoms with E-state index in [0.29, 0.717) is 0 Å². The molecule has 36 heavy (non-hydrogen) atoms. The van der Waals surface area contributed by atoms with Gasteiger partial charge in [0.05, 0.1) is 0 Å². The molecule has 3 heteroatoms. The quantitative estimate of drug-likeness (QED) is 0.171. The van der Waals surface area contributed by atoms with Gasteiger partial charge < -0.3 is 0 Å². The molecule has 0 aliphatic heterocycles. The van der Waals surface area contributed by atoms with Crippen LogP contribution in [-0.4, -0.2) is 4.21 Å². The summed E-state index contributed by atoms with van der Waals surface area (Å²) in [5.74, 6) is 0. The molecular formula is C33H32Cl2Zr-4. The molecule has 0 unspecified atom stereocenters. The van der Waals surface area contributed by atoms with Crippen LogP contribution in [0.1, 0.15) is 30.0 Å². The Bertz CT molecular complexity index is 1040. The first kappa shape index (κ1) is 33.7. The molecule has 0 heterocycles. The van der Waals surface area contributed by atoms with Crippen molar-refractivity contribution in [1.29, 1.82) is 0 Å². The Balaban J connectivity index is 0.000000465. The summed E-state index contributed by atoms with van der Waals surface area (Å²) in [6.07, 6.45) is 12.2. The molecule has 0 fully saturated rings. The van der Waals surface area contributed by atoms with Gasteiger partial charge in [-0.3, -0.25) is 6.08 Å². The first-order valence-electron chi connectivity index (χ1n) is 11.4. The number of fused-ring (bicyclic) bond motifs is 3. The van der Waals surface area contributed by atoms with Crippen LogP contribution in [0.5, 0.6) is 0 Å². The predicted molar refractivity (Wildman–Crippen MR) is 157 cm³/mol. The van der Waals surface area contributed by atoms with E-state index in [1.807, 2.05) is 60.7 Å². The van der Waals surface area contributed by atoms with Gasteiger partial charge in [-0.05, 0) is 6.42 Å². The minimum atomic E-state index is 0. The monoisotopic (exact) mass is 588 g/mol. The second-order valence-electron chi connectivity index (χ2n) is 7.24. The van der Waals surface area contributed by atoms with Crippen LogP contribution < -0.4 is 0 Å². The minimum absolute atomic E-state index is 0. The zero-order valence-corrected chi connectivity index (χ0v) is 24.7. The van der Waals surface area contributed by atoms with Crippen molar-refractivity contribution in [2.24, 2.45) is 0 Å². The molecule has 4 aromatic rings. The number of hydrogen-bond donors (Lipinski definition) is 0. The molecule has 186 valence electrons. The van der Waals surface area contributed by atoms with Crippen molar-refractivity contribution in [3.05, 3.63) is 156 Å². The maximum absolute atomic E-state index is 3.34. The van der Waals surface area contributed by atoms with E-state index < -0.39 is 0 Å². The standard InChI is InChI=1S/C13H9.C8H9.C6H5.C5H5.CH2.2ClH.Zr/c1-3-7-12-10(5-1)9-11-6-2-4-8-13(11)12;1-2-8-6-4-3-5-7-8;1-2-4-6-5-3-1;1-2-4-5-3-1;;;;/h1-5,7-8H,9H2;4-7H,2H2,1H3;1-5H;1-3H,4H2;1H2;2*1H;/q4*-1;;;;. The van der Waals surface area contributed by atoms with E-state index in [4.69, 9.17) is 0 Å². The molecule has 0 spiro atoms. The Morgan fingerprint density at radius 2 is 1.42 bits per heavy atom. The molecule has 0 nitrogen and oxygen atoms in total. The third kappa shape index (κ3) is 12.6. The van der Waals surface area contributed by atoms with Gasteiger partial charge in [0.15, 0.2) is 0 Å². The van der Waals surface area contributed by atoms with Crippen LogP contribution in [0.3, 0.4) is 0 Å². The average Bonchev–Trinajstić information content (AvgIpc) is 3.64. The summed E-state index contributed by atoms with van der Waals surface area (Å²) < 4.78 is 3.34. The topological polar surface area (TPSA) is 0 Å². The molecule has 6 rings (SSSR count). The Kier molecular flexibility index (Phi) is 20.5. The predicted octanol–water partition coefficient (Wildman–Crippen LogP) is 8.71. The molecule has 0 amide bonds. The Labute approximate surface area is 245 Å². The van der Waals surface area contributed by atoms with Gasteiger partial charge >= 0.3 is 28.4 Å². The van der Waals surface area contributed by atoms with Crippen LogP contribution in [0.2, 0.25) is 0 Å². The van der Waals surface area contributed by atoms with E-state index in [2.05, 4.69) is 90.0 Å². The maximum atomic E-state index is 3.34. The van der Waals surface area contributed by atoms with Crippen molar-refractivity contribution in [2.45, 2.75) is 26.2 Å². The Morgan fingerprint density at radius 1 is 0.750 bits per heavy atom. The number of aryl methyl sites for hydroxylation is 1. The number of rotatable bonds is 1.